The number of allylic oxidation sites excluding steroid dienone is 1. The fourth-order valence-corrected chi connectivity index (χ4v) is 3.69. The van der Waals surface area contributed by atoms with Gasteiger partial charge in [0.1, 0.15) is 0 Å². The Morgan fingerprint density at radius 2 is 1.95 bits per heavy atom. The third kappa shape index (κ3) is 2.69. The standard InChI is InChI=1S/C14H17Cl2F2N3/c1-8(3-4-19)9(2)21-20-7-10-5-11-6-12(10)14(16,18)13(11,15)17/h3-4,7,10-12,21H,1-2,5-6,19H2/b4-3-,20-7+. The van der Waals surface area contributed by atoms with Gasteiger partial charge in [-0.2, -0.15) is 5.10 Å². The molecule has 2 saturated carbocycles. The van der Waals surface area contributed by atoms with Crippen molar-refractivity contribution >= 4 is 29.4 Å². The Labute approximate surface area is 132 Å². The second-order valence-electron chi connectivity index (χ2n) is 5.44. The zero-order valence-electron chi connectivity index (χ0n) is 11.3. The normalized spacial score (nSPS) is 42.0. The molecular weight excluding hydrogens is 319 g/mol. The number of hydrazone groups is 1. The molecule has 5 atom stereocenters. The van der Waals surface area contributed by atoms with Crippen LogP contribution >= 0.6 is 23.2 Å². The van der Waals surface area contributed by atoms with Gasteiger partial charge in [-0.25, -0.2) is 8.78 Å². The second kappa shape index (κ2) is 5.61. The highest BCUT2D eigenvalue weighted by molar-refractivity contribution is 6.34. The third-order valence-electron chi connectivity index (χ3n) is 4.19. The summed E-state index contributed by atoms with van der Waals surface area (Å²) >= 11 is 11.3. The van der Waals surface area contributed by atoms with Crippen LogP contribution < -0.4 is 11.2 Å². The Morgan fingerprint density at radius 3 is 2.48 bits per heavy atom. The molecule has 0 aromatic rings. The van der Waals surface area contributed by atoms with Gasteiger partial charge in [-0.05, 0) is 30.7 Å². The minimum absolute atomic E-state index is 0.265. The van der Waals surface area contributed by atoms with Crippen LogP contribution in [0.3, 0.4) is 0 Å². The Bertz CT molecular complexity index is 514. The zero-order valence-corrected chi connectivity index (χ0v) is 12.8. The maximum absolute atomic E-state index is 14.3. The van der Waals surface area contributed by atoms with Crippen LogP contribution in [0.2, 0.25) is 0 Å². The van der Waals surface area contributed by atoms with E-state index in [1.807, 2.05) is 0 Å². The highest BCUT2D eigenvalue weighted by Crippen LogP contribution is 2.65. The molecule has 2 bridgehead atoms. The van der Waals surface area contributed by atoms with Gasteiger partial charge >= 0.3 is 0 Å². The summed E-state index contributed by atoms with van der Waals surface area (Å²) in [5.41, 5.74) is 8.95. The molecule has 3 N–H and O–H groups in total. The summed E-state index contributed by atoms with van der Waals surface area (Å²) in [6.07, 6.45) is 5.17. The predicted octanol–water partition coefficient (Wildman–Crippen LogP) is 3.57. The first kappa shape index (κ1) is 16.3. The molecule has 2 rings (SSSR count). The van der Waals surface area contributed by atoms with Gasteiger partial charge in [-0.1, -0.05) is 36.4 Å². The van der Waals surface area contributed by atoms with Crippen LogP contribution in [0.25, 0.3) is 0 Å². The molecule has 0 aromatic carbocycles. The first-order valence-corrected chi connectivity index (χ1v) is 7.28. The largest absolute Gasteiger partial charge is 0.405 e. The Morgan fingerprint density at radius 1 is 1.29 bits per heavy atom. The molecule has 0 heterocycles. The van der Waals surface area contributed by atoms with Crippen LogP contribution in [0.1, 0.15) is 12.8 Å². The number of fused-ring (bicyclic) bond motifs is 2. The van der Waals surface area contributed by atoms with Crippen LogP contribution in [-0.4, -0.2) is 16.5 Å². The molecule has 2 aliphatic carbocycles. The van der Waals surface area contributed by atoms with E-state index in [0.29, 0.717) is 24.1 Å². The van der Waals surface area contributed by atoms with Crippen molar-refractivity contribution in [3.05, 3.63) is 36.7 Å². The van der Waals surface area contributed by atoms with Crippen LogP contribution in [0.15, 0.2) is 41.8 Å². The predicted molar refractivity (Wildman–Crippen MR) is 82.3 cm³/mol. The molecule has 0 saturated heterocycles. The average molecular weight is 336 g/mol. The van der Waals surface area contributed by atoms with Crippen molar-refractivity contribution < 1.29 is 8.78 Å². The molecule has 5 unspecified atom stereocenters. The third-order valence-corrected chi connectivity index (χ3v) is 5.42. The lowest BCUT2D eigenvalue weighted by Gasteiger charge is -2.36. The van der Waals surface area contributed by atoms with E-state index in [0.717, 1.165) is 0 Å². The van der Waals surface area contributed by atoms with Crippen molar-refractivity contribution in [2.45, 2.75) is 23.1 Å². The fourth-order valence-electron chi connectivity index (χ4n) is 2.97. The molecule has 21 heavy (non-hydrogen) atoms. The molecule has 7 heteroatoms. The van der Waals surface area contributed by atoms with Gasteiger partial charge in [0.15, 0.2) is 0 Å². The van der Waals surface area contributed by atoms with Crippen molar-refractivity contribution in [3.8, 4) is 0 Å². The van der Waals surface area contributed by atoms with Gasteiger partial charge in [-0.15, -0.1) is 0 Å². The number of hydrogen-bond donors (Lipinski definition) is 2. The summed E-state index contributed by atoms with van der Waals surface area (Å²) < 4.78 is 28.3. The van der Waals surface area contributed by atoms with Crippen LogP contribution in [0, 0.1) is 17.8 Å². The van der Waals surface area contributed by atoms with Crippen molar-refractivity contribution in [2.75, 3.05) is 0 Å². The molecule has 2 fully saturated rings. The Kier molecular flexibility index (Phi) is 4.36. The number of nitrogens with one attached hydrogen (secondary N) is 1. The van der Waals surface area contributed by atoms with Gasteiger partial charge in [0.25, 0.3) is 0 Å². The maximum atomic E-state index is 14.3. The highest BCUT2D eigenvalue weighted by atomic mass is 35.5. The molecular formula is C14H17Cl2F2N3. The first-order chi connectivity index (χ1) is 9.71. The molecule has 0 radical (unpaired) electrons. The number of halogens is 4. The number of alkyl halides is 4. The zero-order chi connectivity index (χ0) is 15.8. The monoisotopic (exact) mass is 335 g/mol. The van der Waals surface area contributed by atoms with Crippen LogP contribution in [0.4, 0.5) is 8.78 Å². The van der Waals surface area contributed by atoms with Gasteiger partial charge in [0, 0.05) is 24.0 Å². The molecule has 3 nitrogen and oxygen atoms in total. The van der Waals surface area contributed by atoms with E-state index < -0.39 is 22.1 Å². The lowest BCUT2D eigenvalue weighted by molar-refractivity contribution is 0.0290. The Hall–Kier alpha value is -1.07. The van der Waals surface area contributed by atoms with Crippen molar-refractivity contribution in [1.29, 1.82) is 0 Å². The quantitative estimate of drug-likeness (QED) is 0.349. The minimum Gasteiger partial charge on any atom is -0.405 e. The highest BCUT2D eigenvalue weighted by Gasteiger charge is 2.71. The van der Waals surface area contributed by atoms with E-state index in [-0.39, 0.29) is 5.92 Å². The molecule has 0 aromatic heterocycles. The minimum atomic E-state index is -2.56. The molecule has 116 valence electrons. The smallest absolute Gasteiger partial charge is 0.234 e. The number of nitrogens with zero attached hydrogens (tertiary/aromatic N) is 1. The topological polar surface area (TPSA) is 50.4 Å². The second-order valence-corrected chi connectivity index (χ2v) is 6.54. The first-order valence-electron chi connectivity index (χ1n) is 6.53. The fraction of sp³-hybridized carbons (Fsp3) is 0.500. The molecule has 0 spiro atoms. The van der Waals surface area contributed by atoms with Crippen molar-refractivity contribution in [1.82, 2.24) is 5.43 Å². The van der Waals surface area contributed by atoms with E-state index in [9.17, 15) is 8.78 Å². The number of nitrogens with two attached hydrogens (primary N) is 1. The van der Waals surface area contributed by atoms with Gasteiger partial charge in [-0.3, -0.25) is 5.43 Å². The summed E-state index contributed by atoms with van der Waals surface area (Å²) in [6.45, 7) is 7.45. The van der Waals surface area contributed by atoms with Crippen LogP contribution in [0.5, 0.6) is 0 Å². The molecule has 0 aliphatic heterocycles. The summed E-state index contributed by atoms with van der Waals surface area (Å²) in [4.78, 5) is 0. The van der Waals surface area contributed by atoms with E-state index in [1.54, 1.807) is 6.08 Å². The number of rotatable bonds is 5. The summed E-state index contributed by atoms with van der Waals surface area (Å²) in [7, 11) is 0. The van der Waals surface area contributed by atoms with E-state index in [1.165, 1.54) is 12.4 Å². The summed E-state index contributed by atoms with van der Waals surface area (Å²) in [6, 6.07) is 0. The van der Waals surface area contributed by atoms with Crippen molar-refractivity contribution in [3.63, 3.8) is 0 Å². The van der Waals surface area contributed by atoms with E-state index >= 15 is 0 Å². The van der Waals surface area contributed by atoms with Gasteiger partial charge in [0.2, 0.25) is 10.3 Å². The summed E-state index contributed by atoms with van der Waals surface area (Å²) in [5, 5.41) is -1.07. The van der Waals surface area contributed by atoms with Crippen molar-refractivity contribution in [2.24, 2.45) is 28.6 Å². The van der Waals surface area contributed by atoms with Crippen LogP contribution in [-0.2, 0) is 0 Å². The average Bonchev–Trinajstić information content (AvgIpc) is 2.89. The molecule has 2 aliphatic rings. The van der Waals surface area contributed by atoms with Gasteiger partial charge in [0.05, 0.1) is 5.70 Å². The number of hydrogen-bond acceptors (Lipinski definition) is 3. The SMILES string of the molecule is C=C(/C=C\N)C(=C)N/N=C/C1CC2CC1C(F)(Cl)C2(F)Cl. The lowest BCUT2D eigenvalue weighted by atomic mass is 9.86. The van der Waals surface area contributed by atoms with E-state index in [4.69, 9.17) is 28.9 Å². The van der Waals surface area contributed by atoms with E-state index in [2.05, 4.69) is 23.7 Å². The van der Waals surface area contributed by atoms with Gasteiger partial charge < -0.3 is 5.73 Å². The molecule has 0 amide bonds. The Balaban J connectivity index is 1.96. The lowest BCUT2D eigenvalue weighted by Crippen LogP contribution is -2.47. The summed E-state index contributed by atoms with van der Waals surface area (Å²) in [5.74, 6) is -1.54. The maximum Gasteiger partial charge on any atom is 0.234 e.